The summed E-state index contributed by atoms with van der Waals surface area (Å²) in [6.07, 6.45) is 3.40. The summed E-state index contributed by atoms with van der Waals surface area (Å²) in [5, 5.41) is 0. The summed E-state index contributed by atoms with van der Waals surface area (Å²) in [6.45, 7) is 2.07. The second-order valence-corrected chi connectivity index (χ2v) is 3.06. The Labute approximate surface area is 100 Å². The number of esters is 1. The van der Waals surface area contributed by atoms with Gasteiger partial charge in [0, 0.05) is 17.2 Å². The van der Waals surface area contributed by atoms with Crippen molar-refractivity contribution in [1.29, 1.82) is 0 Å². The number of hydrogen-bond acceptors (Lipinski definition) is 3. The van der Waals surface area contributed by atoms with E-state index in [1.807, 2.05) is 0 Å². The van der Waals surface area contributed by atoms with E-state index in [0.717, 1.165) is 6.29 Å². The van der Waals surface area contributed by atoms with Gasteiger partial charge in [0.05, 0.1) is 6.61 Å². The normalized spacial score (nSPS) is 9.47. The molecular weight excluding hydrogens is 216 g/mol. The molecule has 0 amide bonds. The highest BCUT2D eigenvalue weighted by Crippen LogP contribution is 2.03. The van der Waals surface area contributed by atoms with Crippen molar-refractivity contribution in [3.63, 3.8) is 0 Å². The second-order valence-electron chi connectivity index (χ2n) is 3.06. The van der Waals surface area contributed by atoms with Crippen LogP contribution in [0.5, 0.6) is 0 Å². The Morgan fingerprint density at radius 2 is 2.18 bits per heavy atom. The van der Waals surface area contributed by atoms with Crippen LogP contribution < -0.4 is 0 Å². The van der Waals surface area contributed by atoms with Crippen LogP contribution in [0.2, 0.25) is 0 Å². The van der Waals surface area contributed by atoms with E-state index < -0.39 is 5.97 Å². The Balaban J connectivity index is 2.72. The molecule has 0 aromatic heterocycles. The summed E-state index contributed by atoms with van der Waals surface area (Å²) < 4.78 is 4.69. The van der Waals surface area contributed by atoms with Crippen molar-refractivity contribution in [2.24, 2.45) is 0 Å². The molecule has 0 bridgehead atoms. The van der Waals surface area contributed by atoms with E-state index in [1.165, 1.54) is 12.2 Å². The van der Waals surface area contributed by atoms with Crippen LogP contribution in [-0.4, -0.2) is 18.9 Å². The van der Waals surface area contributed by atoms with Gasteiger partial charge in [0.15, 0.2) is 6.29 Å². The van der Waals surface area contributed by atoms with Crippen molar-refractivity contribution in [2.45, 2.75) is 6.92 Å². The quantitative estimate of drug-likeness (QED) is 0.344. The lowest BCUT2D eigenvalue weighted by atomic mass is 10.1. The molecule has 0 aliphatic heterocycles. The summed E-state index contributed by atoms with van der Waals surface area (Å²) in [6, 6.07) is 7.00. The van der Waals surface area contributed by atoms with Crippen molar-refractivity contribution >= 4 is 12.3 Å². The Hall–Kier alpha value is -2.34. The minimum atomic E-state index is -0.425. The molecule has 0 N–H and O–H groups in total. The molecule has 0 radical (unpaired) electrons. The number of carbonyl (C=O) groups excluding carboxylic acids is 2. The maximum absolute atomic E-state index is 10.9. The predicted molar refractivity (Wildman–Crippen MR) is 64.5 cm³/mol. The minimum absolute atomic E-state index is 0.338. The third-order valence-corrected chi connectivity index (χ3v) is 1.88. The van der Waals surface area contributed by atoms with Crippen LogP contribution in [0.3, 0.4) is 0 Å². The molecule has 1 rings (SSSR count). The molecule has 86 valence electrons. The molecule has 3 heteroatoms. The number of allylic oxidation sites excluding steroid dienone is 1. The monoisotopic (exact) mass is 228 g/mol. The zero-order chi connectivity index (χ0) is 12.5. The van der Waals surface area contributed by atoms with Crippen LogP contribution >= 0.6 is 0 Å². The Bertz CT molecular complexity index is 490. The summed E-state index contributed by atoms with van der Waals surface area (Å²) in [5.74, 6) is 5.04. The third-order valence-electron chi connectivity index (χ3n) is 1.88. The fourth-order valence-electron chi connectivity index (χ4n) is 1.13. The largest absolute Gasteiger partial charge is 0.463 e. The molecule has 1 aromatic rings. The molecule has 1 aromatic carbocycles. The lowest BCUT2D eigenvalue weighted by molar-refractivity contribution is -0.137. The van der Waals surface area contributed by atoms with Crippen molar-refractivity contribution in [3.05, 3.63) is 47.5 Å². The smallest absolute Gasteiger partial charge is 0.331 e. The molecular formula is C14H12O3. The van der Waals surface area contributed by atoms with Crippen LogP contribution in [-0.2, 0) is 9.53 Å². The molecule has 0 spiro atoms. The summed E-state index contributed by atoms with van der Waals surface area (Å²) in [4.78, 5) is 21.6. The molecule has 17 heavy (non-hydrogen) atoms. The van der Waals surface area contributed by atoms with Gasteiger partial charge in [-0.1, -0.05) is 30.0 Å². The van der Waals surface area contributed by atoms with Crippen LogP contribution in [0.15, 0.2) is 36.4 Å². The van der Waals surface area contributed by atoms with Gasteiger partial charge in [0.2, 0.25) is 0 Å². The molecule has 0 unspecified atom stereocenters. The van der Waals surface area contributed by atoms with E-state index in [0.29, 0.717) is 17.7 Å². The lowest BCUT2D eigenvalue weighted by Crippen LogP contribution is -1.98. The maximum Gasteiger partial charge on any atom is 0.331 e. The number of aldehydes is 1. The summed E-state index contributed by atoms with van der Waals surface area (Å²) in [5.41, 5.74) is 1.17. The van der Waals surface area contributed by atoms with Crippen LogP contribution in [0.1, 0.15) is 22.8 Å². The zero-order valence-electron chi connectivity index (χ0n) is 9.47. The Morgan fingerprint density at radius 1 is 1.41 bits per heavy atom. The zero-order valence-corrected chi connectivity index (χ0v) is 9.47. The highest BCUT2D eigenvalue weighted by molar-refractivity contribution is 5.82. The molecule has 0 atom stereocenters. The first-order valence-corrected chi connectivity index (χ1v) is 5.17. The standard InChI is InChI=1S/C14H12O3/c1-2-17-14(16)10-6-5-8-12-7-3-4-9-13(12)11-15/h3-4,6-7,9-11H,2H2,1H3/b10-6-. The van der Waals surface area contributed by atoms with Crippen molar-refractivity contribution in [1.82, 2.24) is 0 Å². The Kier molecular flexibility index (Phi) is 5.26. The lowest BCUT2D eigenvalue weighted by Gasteiger charge is -1.93. The first kappa shape index (κ1) is 12.7. The van der Waals surface area contributed by atoms with Gasteiger partial charge < -0.3 is 4.74 Å². The predicted octanol–water partition coefficient (Wildman–Crippen LogP) is 1.97. The SMILES string of the molecule is CCOC(=O)/C=C\C#Cc1ccccc1C=O. The Morgan fingerprint density at radius 3 is 2.88 bits per heavy atom. The highest BCUT2D eigenvalue weighted by atomic mass is 16.5. The summed E-state index contributed by atoms with van der Waals surface area (Å²) in [7, 11) is 0. The van der Waals surface area contributed by atoms with Gasteiger partial charge >= 0.3 is 5.97 Å². The highest BCUT2D eigenvalue weighted by Gasteiger charge is 1.94. The van der Waals surface area contributed by atoms with Gasteiger partial charge in [0.25, 0.3) is 0 Å². The average Bonchev–Trinajstić information content (AvgIpc) is 2.35. The molecule has 0 saturated carbocycles. The van der Waals surface area contributed by atoms with Gasteiger partial charge in [-0.05, 0) is 19.1 Å². The third kappa shape index (κ3) is 4.35. The molecule has 0 saturated heterocycles. The summed E-state index contributed by atoms with van der Waals surface area (Å²) >= 11 is 0. The number of benzene rings is 1. The number of ether oxygens (including phenoxy) is 1. The van der Waals surface area contributed by atoms with Crippen LogP contribution in [0, 0.1) is 11.8 Å². The first-order chi connectivity index (χ1) is 8.27. The molecule has 0 fully saturated rings. The van der Waals surface area contributed by atoms with Gasteiger partial charge in [-0.25, -0.2) is 4.79 Å². The van der Waals surface area contributed by atoms with Gasteiger partial charge in [0.1, 0.15) is 0 Å². The van der Waals surface area contributed by atoms with Crippen LogP contribution in [0.4, 0.5) is 0 Å². The molecule has 0 heterocycles. The topological polar surface area (TPSA) is 43.4 Å². The van der Waals surface area contributed by atoms with Gasteiger partial charge in [-0.3, -0.25) is 4.79 Å². The van der Waals surface area contributed by atoms with Crippen molar-refractivity contribution in [2.75, 3.05) is 6.61 Å². The maximum atomic E-state index is 10.9. The van der Waals surface area contributed by atoms with Crippen LogP contribution in [0.25, 0.3) is 0 Å². The fourth-order valence-corrected chi connectivity index (χ4v) is 1.13. The van der Waals surface area contributed by atoms with E-state index in [4.69, 9.17) is 0 Å². The van der Waals surface area contributed by atoms with Crippen molar-refractivity contribution < 1.29 is 14.3 Å². The average molecular weight is 228 g/mol. The fraction of sp³-hybridized carbons (Fsp3) is 0.143. The van der Waals surface area contributed by atoms with E-state index in [-0.39, 0.29) is 0 Å². The number of carbonyl (C=O) groups is 2. The molecule has 0 aliphatic carbocycles. The molecule has 3 nitrogen and oxygen atoms in total. The van der Waals surface area contributed by atoms with Crippen molar-refractivity contribution in [3.8, 4) is 11.8 Å². The number of rotatable bonds is 3. The molecule has 0 aliphatic rings. The van der Waals surface area contributed by atoms with Gasteiger partial charge in [-0.2, -0.15) is 0 Å². The minimum Gasteiger partial charge on any atom is -0.463 e. The van der Waals surface area contributed by atoms with E-state index in [9.17, 15) is 9.59 Å². The van der Waals surface area contributed by atoms with Gasteiger partial charge in [-0.15, -0.1) is 0 Å². The van der Waals surface area contributed by atoms with E-state index in [1.54, 1.807) is 31.2 Å². The first-order valence-electron chi connectivity index (χ1n) is 5.17. The second kappa shape index (κ2) is 7.02. The number of hydrogen-bond donors (Lipinski definition) is 0. The van der Waals surface area contributed by atoms with E-state index >= 15 is 0 Å². The van der Waals surface area contributed by atoms with E-state index in [2.05, 4.69) is 16.6 Å².